The van der Waals surface area contributed by atoms with Crippen molar-refractivity contribution in [2.75, 3.05) is 64.7 Å². The lowest BCUT2D eigenvalue weighted by molar-refractivity contribution is -0.457. The van der Waals surface area contributed by atoms with E-state index in [9.17, 15) is 39.5 Å². The average Bonchev–Trinajstić information content (AvgIpc) is 3.48. The molecule has 2 saturated carbocycles. The normalized spacial score (nSPS) is 26.5. The molecular formula is C42H62F9NO5S2. The maximum atomic E-state index is 13.2. The van der Waals surface area contributed by atoms with Gasteiger partial charge in [0.25, 0.3) is 0 Å². The minimum absolute atomic E-state index is 0.248. The number of ether oxygens (including phenoxy) is 5. The third-order valence-corrected chi connectivity index (χ3v) is 15.5. The van der Waals surface area contributed by atoms with Crippen molar-refractivity contribution in [1.29, 1.82) is 0 Å². The molecule has 0 unspecified atom stereocenters. The molecule has 0 aromatic heterocycles. The third kappa shape index (κ3) is 12.1. The Morgan fingerprint density at radius 1 is 0.763 bits per heavy atom. The van der Waals surface area contributed by atoms with Crippen molar-refractivity contribution < 1.29 is 63.2 Å². The Labute approximate surface area is 351 Å². The van der Waals surface area contributed by atoms with Crippen molar-refractivity contribution in [1.82, 2.24) is 4.90 Å². The number of aryl methyl sites for hydroxylation is 1. The van der Waals surface area contributed by atoms with Crippen LogP contribution in [0.15, 0.2) is 18.2 Å². The molecule has 0 radical (unpaired) electrons. The standard InChI is InChI=1S/C42H62F9NO5S2/c1-37(2)56-27-29(28-57-37)10-5-6-19-52(4)20-7-24-58-59-25-9-22-53-31-12-14-32-30(26-31)11-13-34-33(32)17-18-38(3)35(34)15-16-36(38)54-21-8-23-55-39(40(43,44)45,41(46,47)48)42(49,50)51/h12,14,26,29,33-36H,5-11,13,15-25,27-28H2,1-4H3/t33-,34-,35+,36+,38+/m1/s1. The van der Waals surface area contributed by atoms with Crippen molar-refractivity contribution in [2.45, 2.75) is 140 Å². The van der Waals surface area contributed by atoms with Crippen LogP contribution in [0.3, 0.4) is 0 Å². The molecule has 1 heterocycles. The van der Waals surface area contributed by atoms with Crippen molar-refractivity contribution in [3.05, 3.63) is 29.3 Å². The molecule has 0 spiro atoms. The molecule has 1 aliphatic heterocycles. The monoisotopic (exact) mass is 895 g/mol. The zero-order valence-electron chi connectivity index (χ0n) is 34.7. The van der Waals surface area contributed by atoms with Gasteiger partial charge in [-0.15, -0.1) is 0 Å². The number of halogens is 9. The van der Waals surface area contributed by atoms with Crippen LogP contribution in [0.2, 0.25) is 0 Å². The van der Waals surface area contributed by atoms with Gasteiger partial charge in [-0.05, 0) is 151 Å². The molecule has 0 N–H and O–H groups in total. The van der Waals surface area contributed by atoms with Gasteiger partial charge in [0, 0.05) is 24.0 Å². The van der Waals surface area contributed by atoms with Gasteiger partial charge in [-0.2, -0.15) is 39.5 Å². The fourth-order valence-electron chi connectivity index (χ4n) is 9.75. The summed E-state index contributed by atoms with van der Waals surface area (Å²) in [6.45, 7) is 8.78. The highest BCUT2D eigenvalue weighted by Gasteiger charge is 2.85. The molecular weight excluding hydrogens is 834 g/mol. The number of nitrogens with zero attached hydrogens (tertiary/aromatic N) is 1. The van der Waals surface area contributed by atoms with Crippen LogP contribution >= 0.6 is 21.6 Å². The molecule has 3 fully saturated rings. The van der Waals surface area contributed by atoms with E-state index in [1.807, 2.05) is 35.4 Å². The highest BCUT2D eigenvalue weighted by molar-refractivity contribution is 8.76. The summed E-state index contributed by atoms with van der Waals surface area (Å²) in [5.74, 6) is 4.17. The molecule has 4 aliphatic rings. The second-order valence-corrected chi connectivity index (χ2v) is 20.2. The molecule has 3 aliphatic carbocycles. The SMILES string of the molecule is CN(CCCCC1COC(C)(C)OC1)CCCSSCCCOc1ccc2c(c1)CC[C@@H]1[C@@H]2CC[C@]2(C)[C@@H](OCCCOC(C(F)(F)F)(C(F)(F)F)C(F)(F)F)CC[C@@H]12. The van der Waals surface area contributed by atoms with Crippen LogP contribution in [0, 0.1) is 23.2 Å². The first kappa shape index (κ1) is 48.9. The molecule has 340 valence electrons. The van der Waals surface area contributed by atoms with Crippen molar-refractivity contribution in [2.24, 2.45) is 23.2 Å². The largest absolute Gasteiger partial charge is 0.494 e. The van der Waals surface area contributed by atoms with Crippen LogP contribution in [-0.4, -0.2) is 106 Å². The van der Waals surface area contributed by atoms with E-state index in [-0.39, 0.29) is 18.1 Å². The molecule has 5 rings (SSSR count). The van der Waals surface area contributed by atoms with E-state index < -0.39 is 42.9 Å². The summed E-state index contributed by atoms with van der Waals surface area (Å²) in [5.41, 5.74) is -3.86. The first-order valence-electron chi connectivity index (χ1n) is 21.1. The number of rotatable bonds is 21. The number of hydrogen-bond donors (Lipinski definition) is 0. The fraction of sp³-hybridized carbons (Fsp3) is 0.857. The topological polar surface area (TPSA) is 49.4 Å². The van der Waals surface area contributed by atoms with Gasteiger partial charge in [0.15, 0.2) is 5.79 Å². The minimum Gasteiger partial charge on any atom is -0.494 e. The van der Waals surface area contributed by atoms with Gasteiger partial charge in [-0.1, -0.05) is 41.0 Å². The summed E-state index contributed by atoms with van der Waals surface area (Å²) in [6, 6.07) is 6.42. The number of hydrogen-bond acceptors (Lipinski definition) is 8. The van der Waals surface area contributed by atoms with Crippen LogP contribution in [0.25, 0.3) is 0 Å². The second-order valence-electron chi connectivity index (χ2n) is 17.5. The first-order chi connectivity index (χ1) is 27.7. The van der Waals surface area contributed by atoms with Crippen LogP contribution in [0.5, 0.6) is 5.75 Å². The van der Waals surface area contributed by atoms with Gasteiger partial charge in [0.1, 0.15) is 5.75 Å². The third-order valence-electron chi connectivity index (χ3n) is 13.0. The van der Waals surface area contributed by atoms with E-state index >= 15 is 0 Å². The molecule has 17 heteroatoms. The van der Waals surface area contributed by atoms with Gasteiger partial charge < -0.3 is 28.6 Å². The maximum absolute atomic E-state index is 13.2. The summed E-state index contributed by atoms with van der Waals surface area (Å²) < 4.78 is 146. The molecule has 59 heavy (non-hydrogen) atoms. The Kier molecular flexibility index (Phi) is 17.1. The fourth-order valence-corrected chi connectivity index (χ4v) is 11.9. The molecule has 6 nitrogen and oxygen atoms in total. The predicted octanol–water partition coefficient (Wildman–Crippen LogP) is 11.8. The molecule has 1 aromatic rings. The van der Waals surface area contributed by atoms with E-state index in [0.29, 0.717) is 36.7 Å². The molecule has 1 aromatic carbocycles. The van der Waals surface area contributed by atoms with Crippen molar-refractivity contribution in [3.63, 3.8) is 0 Å². The van der Waals surface area contributed by atoms with Gasteiger partial charge in [0.2, 0.25) is 0 Å². The quantitative estimate of drug-likeness (QED) is 0.0687. The van der Waals surface area contributed by atoms with Crippen LogP contribution in [0.4, 0.5) is 39.5 Å². The lowest BCUT2D eigenvalue weighted by Crippen LogP contribution is -2.67. The highest BCUT2D eigenvalue weighted by Crippen LogP contribution is 2.62. The molecule has 1 saturated heterocycles. The van der Waals surface area contributed by atoms with Gasteiger partial charge in [-0.25, -0.2) is 0 Å². The summed E-state index contributed by atoms with van der Waals surface area (Å²) in [5, 5.41) is 0. The number of fused-ring (bicyclic) bond motifs is 5. The Morgan fingerprint density at radius 3 is 2.10 bits per heavy atom. The van der Waals surface area contributed by atoms with E-state index in [2.05, 4.69) is 41.8 Å². The van der Waals surface area contributed by atoms with Crippen molar-refractivity contribution in [3.8, 4) is 5.75 Å². The zero-order chi connectivity index (χ0) is 43.1. The van der Waals surface area contributed by atoms with E-state index in [0.717, 1.165) is 94.9 Å². The summed E-state index contributed by atoms with van der Waals surface area (Å²) in [6.07, 6.45) is -10.2. The van der Waals surface area contributed by atoms with Gasteiger partial charge >= 0.3 is 24.1 Å². The first-order valence-corrected chi connectivity index (χ1v) is 23.6. The maximum Gasteiger partial charge on any atom is 0.435 e. The van der Waals surface area contributed by atoms with Gasteiger partial charge in [-0.3, -0.25) is 0 Å². The molecule has 5 atom stereocenters. The Hall–Kier alpha value is -1.11. The van der Waals surface area contributed by atoms with Gasteiger partial charge in [0.05, 0.1) is 32.5 Å². The van der Waals surface area contributed by atoms with Crippen LogP contribution in [-0.2, 0) is 25.4 Å². The minimum atomic E-state index is -6.74. The van der Waals surface area contributed by atoms with E-state index in [4.69, 9.17) is 18.9 Å². The number of unbranched alkanes of at least 4 members (excludes halogenated alkanes) is 1. The lowest BCUT2D eigenvalue weighted by atomic mass is 9.55. The summed E-state index contributed by atoms with van der Waals surface area (Å²) in [4.78, 5) is 2.42. The Bertz CT molecular complexity index is 1420. The number of benzene rings is 1. The Morgan fingerprint density at radius 2 is 1.42 bits per heavy atom. The smallest absolute Gasteiger partial charge is 0.435 e. The molecule has 0 amide bonds. The molecule has 0 bridgehead atoms. The number of alkyl halides is 9. The predicted molar refractivity (Wildman–Crippen MR) is 213 cm³/mol. The second kappa shape index (κ2) is 20.6. The van der Waals surface area contributed by atoms with E-state index in [1.165, 1.54) is 24.0 Å². The van der Waals surface area contributed by atoms with Crippen LogP contribution < -0.4 is 4.74 Å². The van der Waals surface area contributed by atoms with Crippen LogP contribution in [0.1, 0.15) is 108 Å². The Balaban J connectivity index is 0.951. The highest BCUT2D eigenvalue weighted by atomic mass is 33.1. The summed E-state index contributed by atoms with van der Waals surface area (Å²) in [7, 11) is 6.02. The zero-order valence-corrected chi connectivity index (χ0v) is 36.3. The summed E-state index contributed by atoms with van der Waals surface area (Å²) >= 11 is 0. The van der Waals surface area contributed by atoms with Crippen molar-refractivity contribution >= 4 is 21.6 Å². The van der Waals surface area contributed by atoms with E-state index in [1.54, 1.807) is 0 Å². The lowest BCUT2D eigenvalue weighted by Gasteiger charge is -2.50. The average molecular weight is 896 g/mol.